The van der Waals surface area contributed by atoms with Crippen LogP contribution in [0.15, 0.2) is 60.9 Å². The zero-order valence-corrected chi connectivity index (χ0v) is 28.1. The van der Waals surface area contributed by atoms with Crippen LogP contribution >= 0.6 is 0 Å². The van der Waals surface area contributed by atoms with Gasteiger partial charge in [-0.3, -0.25) is 9.78 Å². The van der Waals surface area contributed by atoms with Gasteiger partial charge in [0.05, 0.1) is 29.9 Å². The van der Waals surface area contributed by atoms with E-state index < -0.39 is 11.6 Å². The largest absolute Gasteiger partial charge is 0.489 e. The van der Waals surface area contributed by atoms with Crippen LogP contribution in [0, 0.1) is 6.92 Å². The molecule has 0 amide bonds. The topological polar surface area (TPSA) is 122 Å². The lowest BCUT2D eigenvalue weighted by Crippen LogP contribution is -2.45. The number of carboxylic acid groups (broad SMARTS) is 1. The number of aliphatic carboxylic acids is 1. The Balaban J connectivity index is 0.000000628. The molecular weight excluding hydrogens is 582 g/mol. The standard InChI is InChI=1S/C30H31N5O4.C4H10O.C2H6/c1-20-23(17-28(36)37)29-34-12-9-30(2,10-13-34)39-15-4-3-14-38-26-8-11-31-19-24(26)21-6-5-7-22(16-21)25-18-27(32-20)35(29)33-25;1-4(2,3)5;1-2/h3-8,11,16,18-19H,9-10,12-15,17H2,1-2H3,(H,36,37);5H,1-3H3;1-2H3/b4-3+;;. The van der Waals surface area contributed by atoms with Crippen molar-refractivity contribution in [2.45, 2.75) is 78.9 Å². The van der Waals surface area contributed by atoms with E-state index in [2.05, 4.69) is 22.9 Å². The van der Waals surface area contributed by atoms with Crippen molar-refractivity contribution in [3.8, 4) is 28.1 Å². The lowest BCUT2D eigenvalue weighted by atomic mass is 9.93. The highest BCUT2D eigenvalue weighted by Crippen LogP contribution is 2.35. The van der Waals surface area contributed by atoms with Gasteiger partial charge in [-0.1, -0.05) is 38.1 Å². The highest BCUT2D eigenvalue weighted by molar-refractivity contribution is 5.77. The molecular formula is C36H47N5O5. The van der Waals surface area contributed by atoms with Crippen LogP contribution in [-0.2, 0) is 16.0 Å². The molecule has 0 atom stereocenters. The summed E-state index contributed by atoms with van der Waals surface area (Å²) in [6, 6.07) is 11.9. The number of benzene rings is 1. The Morgan fingerprint density at radius 3 is 2.41 bits per heavy atom. The molecule has 10 heteroatoms. The minimum atomic E-state index is -0.891. The van der Waals surface area contributed by atoms with Gasteiger partial charge in [0, 0.05) is 53.9 Å². The van der Waals surface area contributed by atoms with Crippen LogP contribution in [0.4, 0.5) is 5.82 Å². The third-order valence-corrected chi connectivity index (χ3v) is 7.61. The average molecular weight is 630 g/mol. The second-order valence-corrected chi connectivity index (χ2v) is 12.5. The van der Waals surface area contributed by atoms with E-state index in [1.807, 2.05) is 67.8 Å². The van der Waals surface area contributed by atoms with E-state index >= 15 is 0 Å². The zero-order valence-electron chi connectivity index (χ0n) is 28.1. The molecule has 1 saturated heterocycles. The van der Waals surface area contributed by atoms with Crippen LogP contribution < -0.4 is 9.64 Å². The number of carboxylic acids is 1. The molecule has 246 valence electrons. The smallest absolute Gasteiger partial charge is 0.308 e. The number of anilines is 1. The van der Waals surface area contributed by atoms with Crippen molar-refractivity contribution >= 4 is 17.4 Å². The molecule has 2 N–H and O–H groups in total. The van der Waals surface area contributed by atoms with E-state index in [1.54, 1.807) is 33.2 Å². The molecule has 3 aromatic heterocycles. The second-order valence-electron chi connectivity index (χ2n) is 12.5. The normalized spacial score (nSPS) is 16.4. The number of hydrogen-bond donors (Lipinski definition) is 2. The first kappa shape index (κ1) is 34.6. The van der Waals surface area contributed by atoms with Crippen LogP contribution in [-0.4, -0.2) is 73.3 Å². The van der Waals surface area contributed by atoms with Gasteiger partial charge in [0.25, 0.3) is 0 Å². The van der Waals surface area contributed by atoms with Crippen molar-refractivity contribution < 1.29 is 24.5 Å². The maximum Gasteiger partial charge on any atom is 0.308 e. The van der Waals surface area contributed by atoms with Crippen molar-refractivity contribution in [1.82, 2.24) is 19.6 Å². The maximum atomic E-state index is 11.9. The SMILES string of the molecule is CC.CC(C)(C)O.Cc1nc2cc3nn2c(c1CC(=O)O)N1CCC(C)(CC1)OC/C=C/COc1ccncc1-c1cccc-3c1. The Labute approximate surface area is 271 Å². The Kier molecular flexibility index (Phi) is 11.2. The van der Waals surface area contributed by atoms with Gasteiger partial charge in [0.1, 0.15) is 18.2 Å². The summed E-state index contributed by atoms with van der Waals surface area (Å²) in [6.45, 7) is 15.6. The quantitative estimate of drug-likeness (QED) is 0.239. The molecule has 46 heavy (non-hydrogen) atoms. The molecule has 6 bridgehead atoms. The van der Waals surface area contributed by atoms with Crippen LogP contribution in [0.3, 0.4) is 0 Å². The molecule has 7 rings (SSSR count). The Morgan fingerprint density at radius 1 is 1.04 bits per heavy atom. The highest BCUT2D eigenvalue weighted by Gasteiger charge is 2.33. The Bertz CT molecular complexity index is 1660. The van der Waals surface area contributed by atoms with Crippen molar-refractivity contribution in [3.63, 3.8) is 0 Å². The van der Waals surface area contributed by atoms with Crippen LogP contribution in [0.5, 0.6) is 5.75 Å². The molecule has 1 aromatic carbocycles. The van der Waals surface area contributed by atoms with Gasteiger partial charge >= 0.3 is 5.97 Å². The molecule has 4 aromatic rings. The molecule has 10 nitrogen and oxygen atoms in total. The summed E-state index contributed by atoms with van der Waals surface area (Å²) < 4.78 is 14.2. The maximum absolute atomic E-state index is 11.9. The number of ether oxygens (including phenoxy) is 2. The summed E-state index contributed by atoms with van der Waals surface area (Å²) in [6.07, 6.45) is 9.01. The number of carbonyl (C=O) groups is 1. The molecule has 3 aliphatic rings. The first-order valence-electron chi connectivity index (χ1n) is 16.0. The number of aryl methyl sites for hydroxylation is 1. The number of aliphatic hydroxyl groups is 1. The average Bonchev–Trinajstić information content (AvgIpc) is 3.43. The van der Waals surface area contributed by atoms with E-state index in [0.717, 1.165) is 59.9 Å². The minimum Gasteiger partial charge on any atom is -0.489 e. The molecule has 0 spiro atoms. The lowest BCUT2D eigenvalue weighted by molar-refractivity contribution is -0.136. The van der Waals surface area contributed by atoms with E-state index in [0.29, 0.717) is 30.1 Å². The van der Waals surface area contributed by atoms with E-state index in [-0.39, 0.29) is 12.0 Å². The Hall–Kier alpha value is -4.28. The first-order valence-corrected chi connectivity index (χ1v) is 16.0. The molecule has 6 heterocycles. The Morgan fingerprint density at radius 2 is 1.72 bits per heavy atom. The van der Waals surface area contributed by atoms with Gasteiger partial charge in [0.2, 0.25) is 0 Å². The van der Waals surface area contributed by atoms with Gasteiger partial charge in [-0.05, 0) is 71.2 Å². The van der Waals surface area contributed by atoms with E-state index in [4.69, 9.17) is 24.7 Å². The number of pyridine rings is 1. The summed E-state index contributed by atoms with van der Waals surface area (Å²) in [5, 5.41) is 23.2. The van der Waals surface area contributed by atoms with Gasteiger partial charge in [0.15, 0.2) is 5.65 Å². The second kappa shape index (κ2) is 14.9. The highest BCUT2D eigenvalue weighted by atomic mass is 16.5. The number of rotatable bonds is 2. The van der Waals surface area contributed by atoms with Crippen LogP contribution in [0.2, 0.25) is 0 Å². The molecule has 0 radical (unpaired) electrons. The molecule has 0 saturated carbocycles. The number of piperidine rings is 1. The zero-order chi connectivity index (χ0) is 33.5. The van der Waals surface area contributed by atoms with Gasteiger partial charge in [-0.25, -0.2) is 4.98 Å². The fourth-order valence-corrected chi connectivity index (χ4v) is 5.39. The first-order chi connectivity index (χ1) is 21.9. The van der Waals surface area contributed by atoms with Crippen molar-refractivity contribution in [3.05, 3.63) is 72.2 Å². The third kappa shape index (κ3) is 8.70. The summed E-state index contributed by atoms with van der Waals surface area (Å²) >= 11 is 0. The van der Waals surface area contributed by atoms with Gasteiger partial charge < -0.3 is 24.6 Å². The van der Waals surface area contributed by atoms with E-state index in [9.17, 15) is 9.90 Å². The summed E-state index contributed by atoms with van der Waals surface area (Å²) in [5.41, 5.74) is 4.84. The van der Waals surface area contributed by atoms with Crippen LogP contribution in [0.25, 0.3) is 28.0 Å². The van der Waals surface area contributed by atoms with Crippen molar-refractivity contribution in [2.24, 2.45) is 0 Å². The van der Waals surface area contributed by atoms with Gasteiger partial charge in [-0.2, -0.15) is 9.61 Å². The number of nitrogens with zero attached hydrogens (tertiary/aromatic N) is 5. The number of aromatic nitrogens is 4. The van der Waals surface area contributed by atoms with E-state index in [1.165, 1.54) is 0 Å². The molecule has 1 fully saturated rings. The summed E-state index contributed by atoms with van der Waals surface area (Å²) in [4.78, 5) is 23.2. The van der Waals surface area contributed by atoms with Crippen molar-refractivity contribution in [1.29, 1.82) is 0 Å². The van der Waals surface area contributed by atoms with Crippen LogP contribution in [0.1, 0.15) is 65.6 Å². The molecule has 3 aliphatic heterocycles. The predicted octanol–water partition coefficient (Wildman–Crippen LogP) is 6.52. The minimum absolute atomic E-state index is 0.117. The third-order valence-electron chi connectivity index (χ3n) is 7.61. The predicted molar refractivity (Wildman–Crippen MR) is 181 cm³/mol. The lowest BCUT2D eigenvalue weighted by Gasteiger charge is -2.40. The monoisotopic (exact) mass is 629 g/mol. The number of fused-ring (bicyclic) bond motifs is 6. The molecule has 0 unspecified atom stereocenters. The fraction of sp³-hybridized carbons (Fsp3) is 0.444. The number of hydrogen-bond acceptors (Lipinski definition) is 8. The molecule has 0 aliphatic carbocycles. The summed E-state index contributed by atoms with van der Waals surface area (Å²) in [5.74, 6) is 0.652. The fourth-order valence-electron chi connectivity index (χ4n) is 5.39. The van der Waals surface area contributed by atoms with Gasteiger partial charge in [-0.15, -0.1) is 0 Å². The summed E-state index contributed by atoms with van der Waals surface area (Å²) in [7, 11) is 0. The van der Waals surface area contributed by atoms with Crippen molar-refractivity contribution in [2.75, 3.05) is 31.2 Å².